The van der Waals surface area contributed by atoms with Crippen molar-refractivity contribution in [2.75, 3.05) is 6.54 Å². The monoisotopic (exact) mass is 204 g/mol. The molecule has 1 heterocycles. The van der Waals surface area contributed by atoms with Crippen LogP contribution in [0.3, 0.4) is 0 Å². The molecule has 15 heavy (non-hydrogen) atoms. The zero-order chi connectivity index (χ0) is 10.7. The van der Waals surface area contributed by atoms with Crippen LogP contribution in [-0.2, 0) is 6.42 Å². The molecule has 80 valence electrons. The van der Waals surface area contributed by atoms with E-state index in [4.69, 9.17) is 5.73 Å². The fourth-order valence-electron chi connectivity index (χ4n) is 2.22. The summed E-state index contributed by atoms with van der Waals surface area (Å²) in [5.41, 5.74) is 6.60. The molecule has 0 spiro atoms. The van der Waals surface area contributed by atoms with Gasteiger partial charge >= 0.3 is 6.03 Å². The Morgan fingerprint density at radius 3 is 2.80 bits per heavy atom. The fourth-order valence-corrected chi connectivity index (χ4v) is 2.22. The van der Waals surface area contributed by atoms with Crippen LogP contribution in [0.15, 0.2) is 30.3 Å². The average Bonchev–Trinajstić information content (AvgIpc) is 2.67. The second-order valence-corrected chi connectivity index (χ2v) is 4.02. The van der Waals surface area contributed by atoms with Crippen molar-refractivity contribution in [1.82, 2.24) is 4.90 Å². The van der Waals surface area contributed by atoms with Crippen LogP contribution in [0.1, 0.15) is 18.4 Å². The third-order valence-corrected chi connectivity index (χ3v) is 2.97. The van der Waals surface area contributed by atoms with E-state index in [1.807, 2.05) is 18.2 Å². The van der Waals surface area contributed by atoms with E-state index in [0.29, 0.717) is 6.04 Å². The second kappa shape index (κ2) is 4.34. The molecule has 0 aliphatic carbocycles. The molecule has 1 aromatic carbocycles. The summed E-state index contributed by atoms with van der Waals surface area (Å²) in [5.74, 6) is 0. The van der Waals surface area contributed by atoms with Crippen LogP contribution in [0, 0.1) is 0 Å². The molecule has 2 rings (SSSR count). The van der Waals surface area contributed by atoms with Crippen LogP contribution < -0.4 is 5.73 Å². The molecule has 2 N–H and O–H groups in total. The molecule has 3 heteroatoms. The van der Waals surface area contributed by atoms with Crippen molar-refractivity contribution in [3.63, 3.8) is 0 Å². The maximum Gasteiger partial charge on any atom is 0.315 e. The van der Waals surface area contributed by atoms with Crippen LogP contribution in [-0.4, -0.2) is 23.5 Å². The number of primary amides is 1. The Morgan fingerprint density at radius 2 is 2.13 bits per heavy atom. The van der Waals surface area contributed by atoms with Crippen molar-refractivity contribution in [1.29, 1.82) is 0 Å². The summed E-state index contributed by atoms with van der Waals surface area (Å²) in [6, 6.07) is 10.3. The first-order valence-corrected chi connectivity index (χ1v) is 5.37. The number of carbonyl (C=O) groups is 1. The summed E-state index contributed by atoms with van der Waals surface area (Å²) >= 11 is 0. The first kappa shape index (κ1) is 10.0. The number of urea groups is 1. The van der Waals surface area contributed by atoms with E-state index in [2.05, 4.69) is 12.1 Å². The van der Waals surface area contributed by atoms with E-state index >= 15 is 0 Å². The van der Waals surface area contributed by atoms with Crippen LogP contribution >= 0.6 is 0 Å². The van der Waals surface area contributed by atoms with Crippen LogP contribution in [0.25, 0.3) is 0 Å². The lowest BCUT2D eigenvalue weighted by Crippen LogP contribution is -2.40. The van der Waals surface area contributed by atoms with Gasteiger partial charge in [0.25, 0.3) is 0 Å². The number of likely N-dealkylation sites (tertiary alicyclic amines) is 1. The second-order valence-electron chi connectivity index (χ2n) is 4.02. The van der Waals surface area contributed by atoms with E-state index < -0.39 is 0 Å². The molecular formula is C12H16N2O. The van der Waals surface area contributed by atoms with Gasteiger partial charge in [-0.3, -0.25) is 0 Å². The third kappa shape index (κ3) is 2.29. The molecule has 1 fully saturated rings. The highest BCUT2D eigenvalue weighted by molar-refractivity contribution is 5.72. The van der Waals surface area contributed by atoms with Gasteiger partial charge in [-0.25, -0.2) is 4.79 Å². The van der Waals surface area contributed by atoms with Gasteiger partial charge in [-0.15, -0.1) is 0 Å². The fraction of sp³-hybridized carbons (Fsp3) is 0.417. The molecule has 1 unspecified atom stereocenters. The topological polar surface area (TPSA) is 46.3 Å². The molecule has 1 atom stereocenters. The number of carbonyl (C=O) groups excluding carboxylic acids is 1. The van der Waals surface area contributed by atoms with Gasteiger partial charge in [0.1, 0.15) is 0 Å². The molecule has 0 saturated carbocycles. The van der Waals surface area contributed by atoms with Crippen LogP contribution in [0.5, 0.6) is 0 Å². The Labute approximate surface area is 89.9 Å². The number of amides is 2. The molecule has 2 amide bonds. The number of benzene rings is 1. The molecule has 1 saturated heterocycles. The summed E-state index contributed by atoms with van der Waals surface area (Å²) in [7, 11) is 0. The van der Waals surface area contributed by atoms with Gasteiger partial charge in [-0.1, -0.05) is 30.3 Å². The molecule has 1 aromatic rings. The average molecular weight is 204 g/mol. The number of rotatable bonds is 2. The highest BCUT2D eigenvalue weighted by atomic mass is 16.2. The van der Waals surface area contributed by atoms with E-state index in [0.717, 1.165) is 25.8 Å². The lowest BCUT2D eigenvalue weighted by Gasteiger charge is -2.22. The first-order chi connectivity index (χ1) is 7.27. The highest BCUT2D eigenvalue weighted by Crippen LogP contribution is 2.20. The zero-order valence-electron chi connectivity index (χ0n) is 8.73. The molecule has 0 bridgehead atoms. The van der Waals surface area contributed by atoms with Gasteiger partial charge in [0.15, 0.2) is 0 Å². The summed E-state index contributed by atoms with van der Waals surface area (Å²) in [6.45, 7) is 0.812. The standard InChI is InChI=1S/C12H16N2O/c13-12(15)14-8-4-7-11(14)9-10-5-2-1-3-6-10/h1-3,5-6,11H,4,7-9H2,(H2,13,15). The van der Waals surface area contributed by atoms with E-state index in [1.165, 1.54) is 5.56 Å². The van der Waals surface area contributed by atoms with Crippen molar-refractivity contribution in [2.24, 2.45) is 5.73 Å². The molecule has 0 radical (unpaired) electrons. The van der Waals surface area contributed by atoms with Crippen molar-refractivity contribution in [3.05, 3.63) is 35.9 Å². The largest absolute Gasteiger partial charge is 0.351 e. The van der Waals surface area contributed by atoms with Crippen LogP contribution in [0.4, 0.5) is 4.79 Å². The molecule has 1 aliphatic heterocycles. The summed E-state index contributed by atoms with van der Waals surface area (Å²) in [4.78, 5) is 12.9. The smallest absolute Gasteiger partial charge is 0.315 e. The zero-order valence-corrected chi connectivity index (χ0v) is 8.73. The lowest BCUT2D eigenvalue weighted by molar-refractivity contribution is 0.202. The van der Waals surface area contributed by atoms with Gasteiger partial charge in [-0.05, 0) is 24.8 Å². The van der Waals surface area contributed by atoms with Gasteiger partial charge in [0, 0.05) is 12.6 Å². The van der Waals surface area contributed by atoms with E-state index in [1.54, 1.807) is 4.90 Å². The van der Waals surface area contributed by atoms with E-state index in [9.17, 15) is 4.79 Å². The summed E-state index contributed by atoms with van der Waals surface area (Å²) in [6.07, 6.45) is 3.06. The number of nitrogens with zero attached hydrogens (tertiary/aromatic N) is 1. The highest BCUT2D eigenvalue weighted by Gasteiger charge is 2.26. The third-order valence-electron chi connectivity index (χ3n) is 2.97. The van der Waals surface area contributed by atoms with Crippen molar-refractivity contribution < 1.29 is 4.79 Å². The van der Waals surface area contributed by atoms with Crippen molar-refractivity contribution >= 4 is 6.03 Å². The summed E-state index contributed by atoms with van der Waals surface area (Å²) in [5, 5.41) is 0. The SMILES string of the molecule is NC(=O)N1CCCC1Cc1ccccc1. The Bertz CT molecular complexity index is 337. The minimum atomic E-state index is -0.284. The van der Waals surface area contributed by atoms with Gasteiger partial charge in [0.05, 0.1) is 0 Å². The Kier molecular flexibility index (Phi) is 2.90. The maximum absolute atomic E-state index is 11.2. The van der Waals surface area contributed by atoms with Crippen molar-refractivity contribution in [3.8, 4) is 0 Å². The Balaban J connectivity index is 2.03. The normalized spacial score (nSPS) is 20.5. The maximum atomic E-state index is 11.2. The minimum absolute atomic E-state index is 0.284. The van der Waals surface area contributed by atoms with Gasteiger partial charge in [-0.2, -0.15) is 0 Å². The molecule has 0 aromatic heterocycles. The predicted octanol–water partition coefficient (Wildman–Crippen LogP) is 1.77. The number of hydrogen-bond acceptors (Lipinski definition) is 1. The first-order valence-electron chi connectivity index (χ1n) is 5.37. The number of hydrogen-bond donors (Lipinski definition) is 1. The van der Waals surface area contributed by atoms with Gasteiger partial charge < -0.3 is 10.6 Å². The number of nitrogens with two attached hydrogens (primary N) is 1. The predicted molar refractivity (Wildman–Crippen MR) is 59.5 cm³/mol. The van der Waals surface area contributed by atoms with Crippen molar-refractivity contribution in [2.45, 2.75) is 25.3 Å². The quantitative estimate of drug-likeness (QED) is 0.784. The summed E-state index contributed by atoms with van der Waals surface area (Å²) < 4.78 is 0. The van der Waals surface area contributed by atoms with E-state index in [-0.39, 0.29) is 6.03 Å². The van der Waals surface area contributed by atoms with Crippen LogP contribution in [0.2, 0.25) is 0 Å². The Hall–Kier alpha value is -1.51. The Morgan fingerprint density at radius 1 is 1.40 bits per heavy atom. The lowest BCUT2D eigenvalue weighted by atomic mass is 10.0. The molecule has 1 aliphatic rings. The minimum Gasteiger partial charge on any atom is -0.351 e. The molecule has 3 nitrogen and oxygen atoms in total. The van der Waals surface area contributed by atoms with Gasteiger partial charge in [0.2, 0.25) is 0 Å². The molecular weight excluding hydrogens is 188 g/mol.